The molecule has 1 saturated carbocycles. The van der Waals surface area contributed by atoms with E-state index in [4.69, 9.17) is 4.84 Å². The van der Waals surface area contributed by atoms with E-state index in [-0.39, 0.29) is 0 Å². The minimum absolute atomic E-state index is 0.543. The maximum Gasteiger partial charge on any atom is 0.0792 e. The van der Waals surface area contributed by atoms with Crippen molar-refractivity contribution in [1.29, 1.82) is 0 Å². The molecular weight excluding hydrogens is 102 g/mol. The van der Waals surface area contributed by atoms with Gasteiger partial charge in [0.2, 0.25) is 0 Å². The molecule has 0 aromatic heterocycles. The molecule has 0 unspecified atom stereocenters. The van der Waals surface area contributed by atoms with Gasteiger partial charge in [-0.2, -0.15) is 0 Å². The Bertz CT molecular complexity index is 61.5. The lowest BCUT2D eigenvalue weighted by Crippen LogP contribution is -2.16. The SMILES string of the molecule is CCCNOC1CC1. The van der Waals surface area contributed by atoms with Crippen molar-refractivity contribution in [3.63, 3.8) is 0 Å². The van der Waals surface area contributed by atoms with Gasteiger partial charge in [0.15, 0.2) is 0 Å². The van der Waals surface area contributed by atoms with Gasteiger partial charge in [-0.15, -0.1) is 0 Å². The third-order valence-electron chi connectivity index (χ3n) is 1.13. The van der Waals surface area contributed by atoms with Gasteiger partial charge >= 0.3 is 0 Å². The van der Waals surface area contributed by atoms with Gasteiger partial charge in [-0.1, -0.05) is 6.92 Å². The molecule has 2 nitrogen and oxygen atoms in total. The molecule has 2 heteroatoms. The first-order valence-electron chi connectivity index (χ1n) is 3.32. The van der Waals surface area contributed by atoms with Crippen LogP contribution in [0.2, 0.25) is 0 Å². The molecule has 0 saturated heterocycles. The molecule has 0 aromatic carbocycles. The molecule has 0 spiro atoms. The van der Waals surface area contributed by atoms with Gasteiger partial charge in [-0.05, 0) is 19.3 Å². The lowest BCUT2D eigenvalue weighted by atomic mass is 10.5. The van der Waals surface area contributed by atoms with Crippen LogP contribution in [-0.2, 0) is 4.84 Å². The molecule has 8 heavy (non-hydrogen) atoms. The zero-order valence-corrected chi connectivity index (χ0v) is 5.31. The van der Waals surface area contributed by atoms with Crippen molar-refractivity contribution < 1.29 is 4.84 Å². The zero-order chi connectivity index (χ0) is 5.82. The molecule has 0 bridgehead atoms. The molecule has 1 aliphatic carbocycles. The van der Waals surface area contributed by atoms with Crippen molar-refractivity contribution in [2.45, 2.75) is 32.3 Å². The Hall–Kier alpha value is -0.0800. The maximum absolute atomic E-state index is 5.14. The first kappa shape index (κ1) is 6.05. The van der Waals surface area contributed by atoms with Crippen LogP contribution in [0.5, 0.6) is 0 Å². The van der Waals surface area contributed by atoms with E-state index in [0.29, 0.717) is 6.10 Å². The van der Waals surface area contributed by atoms with Gasteiger partial charge in [0.25, 0.3) is 0 Å². The summed E-state index contributed by atoms with van der Waals surface area (Å²) in [5.74, 6) is 0. The molecule has 0 radical (unpaired) electrons. The van der Waals surface area contributed by atoms with Crippen molar-refractivity contribution in [1.82, 2.24) is 5.48 Å². The van der Waals surface area contributed by atoms with Gasteiger partial charge in [0, 0.05) is 6.54 Å². The second kappa shape index (κ2) is 3.05. The van der Waals surface area contributed by atoms with E-state index in [1.807, 2.05) is 0 Å². The minimum Gasteiger partial charge on any atom is -0.299 e. The van der Waals surface area contributed by atoms with Crippen LogP contribution in [0.25, 0.3) is 0 Å². The summed E-state index contributed by atoms with van der Waals surface area (Å²) in [5, 5.41) is 0. The standard InChI is InChI=1S/C6H13NO/c1-2-5-7-8-6-3-4-6/h6-7H,2-5H2,1H3. The first-order valence-corrected chi connectivity index (χ1v) is 3.32. The summed E-state index contributed by atoms with van der Waals surface area (Å²) in [5.41, 5.74) is 2.90. The van der Waals surface area contributed by atoms with Gasteiger partial charge in [-0.3, -0.25) is 4.84 Å². The Labute approximate surface area is 50.2 Å². The molecule has 1 rings (SSSR count). The molecule has 1 fully saturated rings. The number of nitrogens with one attached hydrogen (secondary N) is 1. The average molecular weight is 115 g/mol. The van der Waals surface area contributed by atoms with Gasteiger partial charge in [0.1, 0.15) is 0 Å². The monoisotopic (exact) mass is 115 g/mol. The number of rotatable bonds is 4. The molecule has 0 aliphatic heterocycles. The van der Waals surface area contributed by atoms with Crippen molar-refractivity contribution >= 4 is 0 Å². The van der Waals surface area contributed by atoms with Crippen LogP contribution >= 0.6 is 0 Å². The fourth-order valence-electron chi connectivity index (χ4n) is 0.465. The third-order valence-corrected chi connectivity index (χ3v) is 1.13. The van der Waals surface area contributed by atoms with Gasteiger partial charge in [-0.25, -0.2) is 5.48 Å². The van der Waals surface area contributed by atoms with Crippen molar-refractivity contribution in [3.05, 3.63) is 0 Å². The predicted molar refractivity (Wildman–Crippen MR) is 32.4 cm³/mol. The van der Waals surface area contributed by atoms with Crippen LogP contribution in [0, 0.1) is 0 Å². The molecule has 0 heterocycles. The first-order chi connectivity index (χ1) is 3.93. The molecular formula is C6H13NO. The second-order valence-corrected chi connectivity index (χ2v) is 2.21. The van der Waals surface area contributed by atoms with Crippen LogP contribution in [0.1, 0.15) is 26.2 Å². The minimum atomic E-state index is 0.543. The van der Waals surface area contributed by atoms with Crippen LogP contribution in [0.15, 0.2) is 0 Å². The summed E-state index contributed by atoms with van der Waals surface area (Å²) >= 11 is 0. The Morgan fingerprint density at radius 1 is 1.62 bits per heavy atom. The second-order valence-electron chi connectivity index (χ2n) is 2.21. The van der Waals surface area contributed by atoms with Crippen LogP contribution in [0.4, 0.5) is 0 Å². The Kier molecular flexibility index (Phi) is 2.30. The molecule has 1 aliphatic rings. The molecule has 0 amide bonds. The number of hydrogen-bond acceptors (Lipinski definition) is 2. The highest BCUT2D eigenvalue weighted by atomic mass is 16.7. The van der Waals surface area contributed by atoms with E-state index in [1.165, 1.54) is 12.8 Å². The molecule has 1 N–H and O–H groups in total. The van der Waals surface area contributed by atoms with E-state index in [0.717, 1.165) is 13.0 Å². The van der Waals surface area contributed by atoms with Crippen LogP contribution in [-0.4, -0.2) is 12.6 Å². The van der Waals surface area contributed by atoms with Gasteiger partial charge in [0.05, 0.1) is 6.10 Å². The van der Waals surface area contributed by atoms with E-state index < -0.39 is 0 Å². The highest BCUT2D eigenvalue weighted by Gasteiger charge is 2.21. The van der Waals surface area contributed by atoms with Gasteiger partial charge < -0.3 is 0 Å². The van der Waals surface area contributed by atoms with Crippen LogP contribution in [0.3, 0.4) is 0 Å². The van der Waals surface area contributed by atoms with Crippen LogP contribution < -0.4 is 5.48 Å². The summed E-state index contributed by atoms with van der Waals surface area (Å²) in [4.78, 5) is 5.14. The Morgan fingerprint density at radius 2 is 2.38 bits per heavy atom. The summed E-state index contributed by atoms with van der Waals surface area (Å²) in [6.07, 6.45) is 4.18. The lowest BCUT2D eigenvalue weighted by Gasteiger charge is -1.99. The summed E-state index contributed by atoms with van der Waals surface area (Å²) in [6.45, 7) is 3.11. The zero-order valence-electron chi connectivity index (χ0n) is 5.31. The van der Waals surface area contributed by atoms with Crippen molar-refractivity contribution in [3.8, 4) is 0 Å². The Morgan fingerprint density at radius 3 is 2.88 bits per heavy atom. The molecule has 0 atom stereocenters. The Balaban J connectivity index is 1.74. The van der Waals surface area contributed by atoms with Crippen molar-refractivity contribution in [2.24, 2.45) is 0 Å². The maximum atomic E-state index is 5.14. The predicted octanol–water partition coefficient (Wildman–Crippen LogP) is 1.08. The van der Waals surface area contributed by atoms with E-state index in [9.17, 15) is 0 Å². The average Bonchev–Trinajstić information content (AvgIpc) is 2.51. The normalized spacial score (nSPS) is 19.1. The number of hydroxylamine groups is 1. The molecule has 48 valence electrons. The fraction of sp³-hybridized carbons (Fsp3) is 1.00. The summed E-state index contributed by atoms with van der Waals surface area (Å²) in [6, 6.07) is 0. The summed E-state index contributed by atoms with van der Waals surface area (Å²) in [7, 11) is 0. The largest absolute Gasteiger partial charge is 0.299 e. The van der Waals surface area contributed by atoms with E-state index >= 15 is 0 Å². The number of hydrogen-bond donors (Lipinski definition) is 1. The lowest BCUT2D eigenvalue weighted by molar-refractivity contribution is 0.0277. The fourth-order valence-corrected chi connectivity index (χ4v) is 0.465. The molecule has 0 aromatic rings. The van der Waals surface area contributed by atoms with E-state index in [2.05, 4.69) is 12.4 Å². The topological polar surface area (TPSA) is 21.3 Å². The highest BCUT2D eigenvalue weighted by Crippen LogP contribution is 2.21. The third kappa shape index (κ3) is 2.28. The summed E-state index contributed by atoms with van der Waals surface area (Å²) < 4.78 is 0. The van der Waals surface area contributed by atoms with E-state index in [1.54, 1.807) is 0 Å². The smallest absolute Gasteiger partial charge is 0.0792 e. The quantitative estimate of drug-likeness (QED) is 0.437. The highest BCUT2D eigenvalue weighted by molar-refractivity contribution is 4.71. The van der Waals surface area contributed by atoms with Crippen molar-refractivity contribution in [2.75, 3.05) is 6.54 Å².